The number of ether oxygens (including phenoxy) is 11. The molecule has 0 radical (unpaired) electrons. The van der Waals surface area contributed by atoms with Crippen LogP contribution in [0.3, 0.4) is 0 Å². The fourth-order valence-electron chi connectivity index (χ4n) is 7.66. The predicted octanol–water partition coefficient (Wildman–Crippen LogP) is 5.28. The van der Waals surface area contributed by atoms with E-state index in [4.69, 9.17) is 52.1 Å². The number of hydrogen-bond acceptors (Lipinski definition) is 12. The van der Waals surface area contributed by atoms with Crippen LogP contribution >= 0.6 is 0 Å². The summed E-state index contributed by atoms with van der Waals surface area (Å²) in [5.41, 5.74) is 3.06. The molecule has 3 aromatic carbocycles. The predicted molar refractivity (Wildman–Crippen MR) is 195 cm³/mol. The van der Waals surface area contributed by atoms with Gasteiger partial charge in [-0.05, 0) is 57.2 Å². The molecule has 1 N–H and O–H groups in total. The second-order valence-electron chi connectivity index (χ2n) is 15.0. The van der Waals surface area contributed by atoms with E-state index in [2.05, 4.69) is 0 Å². The molecule has 0 aromatic heterocycles. The third kappa shape index (κ3) is 8.46. The van der Waals surface area contributed by atoms with Crippen molar-refractivity contribution >= 4 is 0 Å². The molecule has 7 rings (SSSR count). The van der Waals surface area contributed by atoms with Gasteiger partial charge in [0.25, 0.3) is 0 Å². The Labute approximate surface area is 317 Å². The van der Waals surface area contributed by atoms with E-state index < -0.39 is 78.8 Å². The van der Waals surface area contributed by atoms with Crippen LogP contribution in [0.4, 0.5) is 0 Å². The third-order valence-electron chi connectivity index (χ3n) is 10.9. The van der Waals surface area contributed by atoms with Gasteiger partial charge in [-0.15, -0.1) is 0 Å². The van der Waals surface area contributed by atoms with E-state index in [0.29, 0.717) is 19.4 Å². The minimum atomic E-state index is -1.35. The molecule has 1 unspecified atom stereocenters. The molecule has 3 aromatic rings. The molecular weight excluding hydrogens is 696 g/mol. The van der Waals surface area contributed by atoms with Crippen molar-refractivity contribution in [1.29, 1.82) is 0 Å². The Bertz CT molecular complexity index is 1610. The first kappa shape index (κ1) is 39.4. The number of rotatable bonds is 15. The molecule has 4 saturated heterocycles. The first-order chi connectivity index (χ1) is 26.0. The molecule has 12 heteroatoms. The van der Waals surface area contributed by atoms with Gasteiger partial charge in [-0.3, -0.25) is 0 Å². The molecule has 0 amide bonds. The summed E-state index contributed by atoms with van der Waals surface area (Å²) in [6.45, 7) is 7.91. The molecule has 0 bridgehead atoms. The van der Waals surface area contributed by atoms with Gasteiger partial charge >= 0.3 is 0 Å². The summed E-state index contributed by atoms with van der Waals surface area (Å²) in [6.07, 6.45) is -6.98. The molecule has 0 aliphatic carbocycles. The highest BCUT2D eigenvalue weighted by Crippen LogP contribution is 2.46. The van der Waals surface area contributed by atoms with Crippen LogP contribution in [0.25, 0.3) is 0 Å². The fourth-order valence-corrected chi connectivity index (χ4v) is 7.66. The zero-order chi connectivity index (χ0) is 37.9. The zero-order valence-corrected chi connectivity index (χ0v) is 31.9. The number of benzene rings is 3. The number of aliphatic hydroxyl groups excluding tert-OH is 1. The van der Waals surface area contributed by atoms with Crippen molar-refractivity contribution in [2.45, 2.75) is 133 Å². The topological polar surface area (TPSA) is 122 Å². The zero-order valence-electron chi connectivity index (χ0n) is 31.9. The lowest BCUT2D eigenvalue weighted by atomic mass is 9.93. The highest BCUT2D eigenvalue weighted by molar-refractivity contribution is 5.16. The molecule has 4 fully saturated rings. The maximum Gasteiger partial charge on any atom is 0.220 e. The summed E-state index contributed by atoms with van der Waals surface area (Å²) in [5, 5.41) is 11.7. The van der Waals surface area contributed by atoms with Gasteiger partial charge in [0.05, 0.1) is 25.9 Å². The minimum Gasteiger partial charge on any atom is -0.390 e. The van der Waals surface area contributed by atoms with Crippen molar-refractivity contribution in [3.63, 3.8) is 0 Å². The summed E-state index contributed by atoms with van der Waals surface area (Å²) in [5.74, 6) is -3.60. The first-order valence-corrected chi connectivity index (χ1v) is 18.8. The van der Waals surface area contributed by atoms with E-state index in [1.165, 1.54) is 0 Å². The van der Waals surface area contributed by atoms with Gasteiger partial charge in [0, 0.05) is 14.2 Å². The van der Waals surface area contributed by atoms with Crippen molar-refractivity contribution in [2.24, 2.45) is 0 Å². The quantitative estimate of drug-likeness (QED) is 0.218. The lowest BCUT2D eigenvalue weighted by Crippen LogP contribution is -2.73. The number of methoxy groups -OCH3 is 2. The average molecular weight is 751 g/mol. The van der Waals surface area contributed by atoms with Gasteiger partial charge in [-0.25, -0.2) is 0 Å². The number of hydrogen-bond donors (Lipinski definition) is 1. The third-order valence-corrected chi connectivity index (χ3v) is 10.9. The minimum absolute atomic E-state index is 0.136. The smallest absolute Gasteiger partial charge is 0.220 e. The molecule has 0 saturated carbocycles. The fraction of sp³-hybridized carbons (Fsp3) is 0.571. The van der Waals surface area contributed by atoms with E-state index >= 15 is 0 Å². The van der Waals surface area contributed by atoms with Crippen molar-refractivity contribution in [2.75, 3.05) is 20.8 Å². The Kier molecular flexibility index (Phi) is 12.2. The van der Waals surface area contributed by atoms with E-state index in [-0.39, 0.29) is 13.2 Å². The lowest BCUT2D eigenvalue weighted by Gasteiger charge is -2.57. The van der Waals surface area contributed by atoms with Gasteiger partial charge in [0.2, 0.25) is 11.6 Å². The van der Waals surface area contributed by atoms with Gasteiger partial charge in [-0.2, -0.15) is 0 Å². The van der Waals surface area contributed by atoms with Gasteiger partial charge in [0.15, 0.2) is 18.4 Å². The van der Waals surface area contributed by atoms with Crippen LogP contribution in [0.5, 0.6) is 0 Å². The van der Waals surface area contributed by atoms with Crippen molar-refractivity contribution in [3.8, 4) is 0 Å². The molecule has 12 atom stereocenters. The summed E-state index contributed by atoms with van der Waals surface area (Å²) in [6, 6.07) is 29.7. The standard InChI is InChI=1S/C42H54O12/c1-40(2)51-37-34(32(49-39(37)54-40)30(43)23-22-27-16-10-7-11-17-27)50-38-36(47-25-29-20-14-9-15-21-29)35-33(52-41(3,44-5)42(4,45-6)53-35)31(48-38)26-46-24-28-18-12-8-13-19-28/h7-21,30-39,43H,22-26H2,1-6H3/t30?,31-,32-,33-,34-,35+,36-,37-,38-,39-,41+,42+/m1/s1. The van der Waals surface area contributed by atoms with E-state index in [0.717, 1.165) is 16.7 Å². The second-order valence-corrected chi connectivity index (χ2v) is 15.0. The molecule has 0 spiro atoms. The number of aliphatic hydroxyl groups is 1. The van der Waals surface area contributed by atoms with Gasteiger partial charge in [-0.1, -0.05) is 91.0 Å². The van der Waals surface area contributed by atoms with Crippen LogP contribution in [0.15, 0.2) is 91.0 Å². The van der Waals surface area contributed by atoms with Crippen LogP contribution in [-0.4, -0.2) is 105 Å². The van der Waals surface area contributed by atoms with Gasteiger partial charge in [0.1, 0.15) is 42.7 Å². The average Bonchev–Trinajstić information content (AvgIpc) is 3.67. The molecule has 4 heterocycles. The largest absolute Gasteiger partial charge is 0.390 e. The maximum atomic E-state index is 11.7. The maximum absolute atomic E-state index is 11.7. The Morgan fingerprint density at radius 3 is 1.83 bits per heavy atom. The Morgan fingerprint density at radius 2 is 1.22 bits per heavy atom. The Balaban J connectivity index is 1.20. The first-order valence-electron chi connectivity index (χ1n) is 18.8. The van der Waals surface area contributed by atoms with E-state index in [1.807, 2.05) is 105 Å². The number of aryl methyl sites for hydroxylation is 1. The lowest BCUT2D eigenvalue weighted by molar-refractivity contribution is -0.483. The molecule has 12 nitrogen and oxygen atoms in total. The summed E-state index contributed by atoms with van der Waals surface area (Å²) in [4.78, 5) is 0. The van der Waals surface area contributed by atoms with Gasteiger partial charge < -0.3 is 57.2 Å². The highest BCUT2D eigenvalue weighted by atomic mass is 16.9. The van der Waals surface area contributed by atoms with Crippen molar-refractivity contribution < 1.29 is 57.2 Å². The van der Waals surface area contributed by atoms with Crippen LogP contribution in [0, 0.1) is 0 Å². The molecule has 4 aliphatic heterocycles. The Hall–Kier alpha value is -2.82. The monoisotopic (exact) mass is 750 g/mol. The van der Waals surface area contributed by atoms with E-state index in [1.54, 1.807) is 28.1 Å². The van der Waals surface area contributed by atoms with E-state index in [9.17, 15) is 5.11 Å². The van der Waals surface area contributed by atoms with Crippen LogP contribution < -0.4 is 0 Å². The number of fused-ring (bicyclic) bond motifs is 2. The molecule has 54 heavy (non-hydrogen) atoms. The van der Waals surface area contributed by atoms with Crippen molar-refractivity contribution in [1.82, 2.24) is 0 Å². The van der Waals surface area contributed by atoms with Crippen LogP contribution in [0.2, 0.25) is 0 Å². The molecular formula is C42H54O12. The van der Waals surface area contributed by atoms with Crippen LogP contribution in [-0.2, 0) is 71.7 Å². The normalized spacial score (nSPS) is 36.4. The summed E-state index contributed by atoms with van der Waals surface area (Å²) < 4.78 is 71.2. The molecule has 4 aliphatic rings. The summed E-state index contributed by atoms with van der Waals surface area (Å²) in [7, 11) is 3.09. The summed E-state index contributed by atoms with van der Waals surface area (Å²) >= 11 is 0. The second kappa shape index (κ2) is 16.7. The SMILES string of the molecule is CO[C@@]1(C)O[C@@H]2[C@@H](OCc3ccccc3)[C@@H](O[C@H]3[C@H]4OC(C)(C)O[C@H]4O[C@@H]3C(O)CCc3ccccc3)O[C@H](COCc3ccccc3)[C@H]2O[C@]1(C)OC. The van der Waals surface area contributed by atoms with Crippen LogP contribution in [0.1, 0.15) is 50.8 Å². The van der Waals surface area contributed by atoms with Crippen molar-refractivity contribution in [3.05, 3.63) is 108 Å². The Morgan fingerprint density at radius 1 is 0.648 bits per heavy atom. The highest BCUT2D eigenvalue weighted by Gasteiger charge is 2.64. The molecule has 294 valence electrons.